The van der Waals surface area contributed by atoms with Gasteiger partial charge >= 0.3 is 22.7 Å². The van der Waals surface area contributed by atoms with Gasteiger partial charge in [0.1, 0.15) is 0 Å². The Hall–Kier alpha value is -3.26. The van der Waals surface area contributed by atoms with E-state index in [2.05, 4.69) is 0 Å². The predicted molar refractivity (Wildman–Crippen MR) is 73.4 cm³/mol. The minimum atomic E-state index is -1.95. The average Bonchev–Trinajstić information content (AvgIpc) is 2.42. The number of nitrogens with zero attached hydrogens (tertiary/aromatic N) is 4. The summed E-state index contributed by atoms with van der Waals surface area (Å²) in [7, 11) is 0. The summed E-state index contributed by atoms with van der Waals surface area (Å²) in [4.78, 5) is 60.3. The molecule has 16 heteroatoms. The van der Waals surface area contributed by atoms with Crippen LogP contribution < -0.4 is 0 Å². The molecule has 0 N–H and O–H groups in total. The maximum atomic E-state index is 11.3. The third-order valence-electron chi connectivity index (χ3n) is 2.52. The van der Waals surface area contributed by atoms with E-state index in [0.29, 0.717) is 0 Å². The molecule has 0 saturated carbocycles. The maximum absolute atomic E-state index is 11.3. The van der Waals surface area contributed by atoms with Gasteiger partial charge in [0.15, 0.2) is 0 Å². The summed E-state index contributed by atoms with van der Waals surface area (Å²) in [5.41, 5.74) is -10.9. The van der Waals surface area contributed by atoms with Crippen molar-refractivity contribution in [2.24, 2.45) is 0 Å². The van der Waals surface area contributed by atoms with Gasteiger partial charge in [-0.25, -0.2) is 0 Å². The molecule has 0 amide bonds. The lowest BCUT2D eigenvalue weighted by Gasteiger charge is -2.05. The molecule has 0 saturated heterocycles. The van der Waals surface area contributed by atoms with Crippen molar-refractivity contribution in [3.8, 4) is 0 Å². The van der Waals surface area contributed by atoms with Crippen molar-refractivity contribution in [2.45, 2.75) is 0 Å². The zero-order chi connectivity index (χ0) is 18.9. The second-order valence-electron chi connectivity index (χ2n) is 3.72. The molecule has 24 heavy (non-hydrogen) atoms. The lowest BCUT2D eigenvalue weighted by molar-refractivity contribution is -0.434. The second kappa shape index (κ2) is 6.47. The molecule has 0 atom stereocenters. The first-order valence-corrected chi connectivity index (χ1v) is 5.90. The monoisotopic (exact) mass is 382 g/mol. The fourth-order valence-electron chi connectivity index (χ4n) is 1.78. The van der Waals surface area contributed by atoms with Crippen molar-refractivity contribution < 1.29 is 29.3 Å². The Balaban J connectivity index is 4.50. The molecule has 0 spiro atoms. The van der Waals surface area contributed by atoms with Gasteiger partial charge in [0.2, 0.25) is 11.1 Å². The van der Waals surface area contributed by atoms with Crippen molar-refractivity contribution in [2.75, 3.05) is 0 Å². The third kappa shape index (κ3) is 2.95. The molecular formula is C8Cl2N4O10. The van der Waals surface area contributed by atoms with Gasteiger partial charge in [-0.2, -0.15) is 0 Å². The van der Waals surface area contributed by atoms with Crippen molar-refractivity contribution >= 4 is 56.4 Å². The van der Waals surface area contributed by atoms with Gasteiger partial charge in [0.25, 0.3) is 10.5 Å². The van der Waals surface area contributed by atoms with Crippen LogP contribution in [-0.2, 0) is 0 Å². The first-order valence-electron chi connectivity index (χ1n) is 5.14. The Morgan fingerprint density at radius 1 is 0.583 bits per heavy atom. The van der Waals surface area contributed by atoms with Crippen LogP contribution in [-0.4, -0.2) is 30.2 Å². The molecule has 1 rings (SSSR count). The van der Waals surface area contributed by atoms with E-state index in [9.17, 15) is 50.0 Å². The van der Waals surface area contributed by atoms with E-state index in [1.54, 1.807) is 0 Å². The van der Waals surface area contributed by atoms with E-state index in [-0.39, 0.29) is 0 Å². The highest BCUT2D eigenvalue weighted by atomic mass is 35.5. The maximum Gasteiger partial charge on any atom is 0.366 e. The minimum Gasteiger partial charge on any atom is -0.275 e. The van der Waals surface area contributed by atoms with Gasteiger partial charge < -0.3 is 0 Å². The molecular weight excluding hydrogens is 383 g/mol. The Morgan fingerprint density at radius 3 is 0.833 bits per heavy atom. The fourth-order valence-corrected chi connectivity index (χ4v) is 2.14. The molecule has 0 aliphatic heterocycles. The SMILES string of the molecule is O=C(Cl)c1c([N+](=O)[O-])c([N+](=O)[O-])c(C(=O)Cl)c([N+](=O)[O-])c1[N+](=O)[O-]. The number of carbonyl (C=O) groups excluding carboxylic acids is 2. The first-order chi connectivity index (χ1) is 10.9. The van der Waals surface area contributed by atoms with Crippen LogP contribution >= 0.6 is 23.2 Å². The van der Waals surface area contributed by atoms with Gasteiger partial charge in [0, 0.05) is 0 Å². The Labute approximate surface area is 138 Å². The molecule has 0 fully saturated rings. The van der Waals surface area contributed by atoms with Gasteiger partial charge in [-0.1, -0.05) is 0 Å². The fraction of sp³-hybridized carbons (Fsp3) is 0. The number of nitro benzene ring substituents is 4. The molecule has 14 nitrogen and oxygen atoms in total. The topological polar surface area (TPSA) is 207 Å². The number of benzene rings is 1. The van der Waals surface area contributed by atoms with Gasteiger partial charge in [-0.15, -0.1) is 0 Å². The summed E-state index contributed by atoms with van der Waals surface area (Å²) in [6.45, 7) is 0. The molecule has 0 radical (unpaired) electrons. The highest BCUT2D eigenvalue weighted by Gasteiger charge is 2.51. The van der Waals surface area contributed by atoms with Crippen LogP contribution in [0, 0.1) is 40.5 Å². The molecule has 0 aliphatic rings. The summed E-state index contributed by atoms with van der Waals surface area (Å²) in [6.07, 6.45) is 0. The molecule has 1 aromatic rings. The molecule has 0 bridgehead atoms. The molecule has 0 heterocycles. The van der Waals surface area contributed by atoms with Gasteiger partial charge in [0.05, 0.1) is 19.7 Å². The molecule has 0 aliphatic carbocycles. The van der Waals surface area contributed by atoms with Crippen molar-refractivity contribution in [3.05, 3.63) is 51.6 Å². The van der Waals surface area contributed by atoms with Gasteiger partial charge in [-0.3, -0.25) is 50.0 Å². The van der Waals surface area contributed by atoms with E-state index >= 15 is 0 Å². The van der Waals surface area contributed by atoms with Crippen molar-refractivity contribution in [1.29, 1.82) is 0 Å². The second-order valence-corrected chi connectivity index (χ2v) is 4.41. The summed E-state index contributed by atoms with van der Waals surface area (Å²) < 4.78 is 0. The minimum absolute atomic E-state index is 1.62. The van der Waals surface area contributed by atoms with E-state index in [1.165, 1.54) is 0 Å². The lowest BCUT2D eigenvalue weighted by atomic mass is 10.0. The van der Waals surface area contributed by atoms with Crippen LogP contribution in [0.25, 0.3) is 0 Å². The summed E-state index contributed by atoms with van der Waals surface area (Å²) in [6, 6.07) is 0. The standard InChI is InChI=1S/C8Cl2N4O10/c9-7(15)1-3(11(17)18)5(13(21)22)2(8(10)16)6(14(23)24)4(1)12(19)20. The van der Waals surface area contributed by atoms with Crippen LogP contribution in [0.2, 0.25) is 0 Å². The quantitative estimate of drug-likeness (QED) is 0.397. The number of hydrogen-bond donors (Lipinski definition) is 0. The van der Waals surface area contributed by atoms with Crippen LogP contribution in [0.4, 0.5) is 22.7 Å². The summed E-state index contributed by atoms with van der Waals surface area (Å²) >= 11 is 9.95. The lowest BCUT2D eigenvalue weighted by Crippen LogP contribution is -2.14. The van der Waals surface area contributed by atoms with Crippen molar-refractivity contribution in [3.63, 3.8) is 0 Å². The highest BCUT2D eigenvalue weighted by molar-refractivity contribution is 6.70. The van der Waals surface area contributed by atoms with Crippen LogP contribution in [0.15, 0.2) is 0 Å². The zero-order valence-electron chi connectivity index (χ0n) is 10.6. The predicted octanol–water partition coefficient (Wildman–Crippen LogP) is 2.08. The van der Waals surface area contributed by atoms with E-state index < -0.39 is 64.1 Å². The van der Waals surface area contributed by atoms with E-state index in [0.717, 1.165) is 0 Å². The normalized spacial score (nSPS) is 10.1. The van der Waals surface area contributed by atoms with E-state index in [4.69, 9.17) is 23.2 Å². The molecule has 126 valence electrons. The first kappa shape index (κ1) is 18.8. The zero-order valence-corrected chi connectivity index (χ0v) is 12.1. The number of carbonyl (C=O) groups is 2. The number of rotatable bonds is 6. The number of nitro groups is 4. The van der Waals surface area contributed by atoms with Gasteiger partial charge in [-0.05, 0) is 23.2 Å². The Kier molecular flexibility index (Phi) is 5.06. The molecule has 0 aromatic heterocycles. The summed E-state index contributed by atoms with van der Waals surface area (Å²) in [5, 5.41) is 40.2. The average molecular weight is 383 g/mol. The van der Waals surface area contributed by atoms with Crippen molar-refractivity contribution in [1.82, 2.24) is 0 Å². The third-order valence-corrected chi connectivity index (χ3v) is 2.90. The number of hydrogen-bond acceptors (Lipinski definition) is 10. The van der Waals surface area contributed by atoms with Crippen LogP contribution in [0.5, 0.6) is 0 Å². The Bertz CT molecular complexity index is 652. The smallest absolute Gasteiger partial charge is 0.275 e. The largest absolute Gasteiger partial charge is 0.366 e. The Morgan fingerprint density at radius 2 is 0.750 bits per heavy atom. The van der Waals surface area contributed by atoms with E-state index in [1.807, 2.05) is 0 Å². The molecule has 1 aromatic carbocycles. The molecule has 0 unspecified atom stereocenters. The highest BCUT2D eigenvalue weighted by Crippen LogP contribution is 2.48. The number of halogens is 2. The van der Waals surface area contributed by atoms with Crippen LogP contribution in [0.3, 0.4) is 0 Å². The van der Waals surface area contributed by atoms with Crippen LogP contribution in [0.1, 0.15) is 20.7 Å². The summed E-state index contributed by atoms with van der Waals surface area (Å²) in [5.74, 6) is 0.